The molecule has 1 aliphatic carbocycles. The fraction of sp³-hybridized carbons (Fsp3) is 0.571. The Morgan fingerprint density at radius 1 is 1.33 bits per heavy atom. The van der Waals surface area contributed by atoms with Crippen LogP contribution >= 0.6 is 11.3 Å². The third-order valence-electron chi connectivity index (χ3n) is 3.85. The molecule has 0 aliphatic heterocycles. The molecule has 4 heteroatoms. The van der Waals surface area contributed by atoms with E-state index < -0.39 is 0 Å². The number of aromatic nitrogens is 1. The molecule has 0 bridgehead atoms. The van der Waals surface area contributed by atoms with E-state index in [1.807, 2.05) is 0 Å². The fourth-order valence-corrected chi connectivity index (χ4v) is 4.01. The van der Waals surface area contributed by atoms with Gasteiger partial charge in [-0.15, -0.1) is 11.3 Å². The Kier molecular flexibility index (Phi) is 2.98. The van der Waals surface area contributed by atoms with Crippen molar-refractivity contribution in [1.29, 1.82) is 0 Å². The monoisotopic (exact) mass is 263 g/mol. The summed E-state index contributed by atoms with van der Waals surface area (Å²) in [6, 6.07) is 0. The lowest BCUT2D eigenvalue weighted by Gasteiger charge is -2.08. The maximum atomic E-state index is 12.2. The van der Waals surface area contributed by atoms with Gasteiger partial charge in [-0.05, 0) is 37.7 Å². The lowest BCUT2D eigenvalue weighted by atomic mass is 10.0. The molecule has 0 amide bonds. The summed E-state index contributed by atoms with van der Waals surface area (Å²) < 4.78 is 5.46. The molecule has 0 fully saturated rings. The first-order valence-electron chi connectivity index (χ1n) is 6.69. The number of aryl methyl sites for hydroxylation is 2. The minimum absolute atomic E-state index is 0.179. The van der Waals surface area contributed by atoms with Crippen LogP contribution < -0.4 is 5.63 Å². The first-order chi connectivity index (χ1) is 8.74. The normalized spacial score (nSPS) is 14.6. The number of hydrogen-bond acceptors (Lipinski definition) is 4. The first-order valence-corrected chi connectivity index (χ1v) is 7.51. The van der Waals surface area contributed by atoms with E-state index in [1.54, 1.807) is 11.3 Å². The highest BCUT2D eigenvalue weighted by atomic mass is 32.1. The molecule has 3 rings (SSSR count). The van der Waals surface area contributed by atoms with Crippen LogP contribution in [0.4, 0.5) is 0 Å². The Balaban J connectivity index is 2.20. The van der Waals surface area contributed by atoms with Gasteiger partial charge < -0.3 is 4.42 Å². The zero-order valence-electron chi connectivity index (χ0n) is 10.8. The highest BCUT2D eigenvalue weighted by Gasteiger charge is 2.23. The third-order valence-corrected chi connectivity index (χ3v) is 5.04. The van der Waals surface area contributed by atoms with Gasteiger partial charge >= 0.3 is 5.63 Å². The Morgan fingerprint density at radius 2 is 2.11 bits per heavy atom. The van der Waals surface area contributed by atoms with Crippen molar-refractivity contribution in [3.63, 3.8) is 0 Å². The van der Waals surface area contributed by atoms with Gasteiger partial charge in [-0.3, -0.25) is 0 Å². The molecule has 0 aromatic carbocycles. The molecule has 0 radical (unpaired) electrons. The van der Waals surface area contributed by atoms with Crippen LogP contribution in [0.1, 0.15) is 55.4 Å². The van der Waals surface area contributed by atoms with Crippen LogP contribution in [0.5, 0.6) is 0 Å². The van der Waals surface area contributed by atoms with Gasteiger partial charge in [0.2, 0.25) is 5.89 Å². The van der Waals surface area contributed by atoms with Gasteiger partial charge in [0.15, 0.2) is 0 Å². The van der Waals surface area contributed by atoms with Crippen molar-refractivity contribution >= 4 is 21.6 Å². The van der Waals surface area contributed by atoms with E-state index in [0.29, 0.717) is 5.89 Å². The van der Waals surface area contributed by atoms with Gasteiger partial charge in [0.25, 0.3) is 0 Å². The Hall–Kier alpha value is -1.16. The summed E-state index contributed by atoms with van der Waals surface area (Å²) in [5, 5.41) is 0.752. The van der Waals surface area contributed by atoms with E-state index in [1.165, 1.54) is 10.4 Å². The van der Waals surface area contributed by atoms with Crippen LogP contribution in [0.15, 0.2) is 9.21 Å². The number of fused-ring (bicyclic) bond motifs is 3. The van der Waals surface area contributed by atoms with Crippen molar-refractivity contribution in [2.75, 3.05) is 0 Å². The molecular weight excluding hydrogens is 246 g/mol. The maximum absolute atomic E-state index is 12.2. The quantitative estimate of drug-likeness (QED) is 0.849. The van der Waals surface area contributed by atoms with Gasteiger partial charge in [0, 0.05) is 10.8 Å². The number of nitrogens with zero attached hydrogens (tertiary/aromatic N) is 1. The van der Waals surface area contributed by atoms with E-state index in [9.17, 15) is 4.79 Å². The van der Waals surface area contributed by atoms with Crippen LogP contribution in [0.25, 0.3) is 10.2 Å². The standard InChI is InChI=1S/C14H17NO2S/c1-3-8(4-2)12-15-13-11(14(16)17-12)9-6-5-7-10(9)18-13/h8H,3-7H2,1-2H3. The molecule has 0 saturated heterocycles. The summed E-state index contributed by atoms with van der Waals surface area (Å²) in [4.78, 5) is 19.0. The van der Waals surface area contributed by atoms with Crippen molar-refractivity contribution in [3.8, 4) is 0 Å². The molecule has 2 aromatic heterocycles. The topological polar surface area (TPSA) is 43.1 Å². The van der Waals surface area contributed by atoms with Gasteiger partial charge in [-0.1, -0.05) is 13.8 Å². The second kappa shape index (κ2) is 4.50. The summed E-state index contributed by atoms with van der Waals surface area (Å²) in [6.07, 6.45) is 5.18. The van der Waals surface area contributed by atoms with Crippen molar-refractivity contribution in [2.45, 2.75) is 51.9 Å². The molecule has 0 N–H and O–H groups in total. The minimum Gasteiger partial charge on any atom is -0.408 e. The van der Waals surface area contributed by atoms with E-state index in [0.717, 1.165) is 42.3 Å². The molecule has 0 spiro atoms. The van der Waals surface area contributed by atoms with Crippen molar-refractivity contribution in [1.82, 2.24) is 4.98 Å². The Bertz CT molecular complexity index is 637. The summed E-state index contributed by atoms with van der Waals surface area (Å²) in [6.45, 7) is 4.21. The minimum atomic E-state index is -0.179. The number of rotatable bonds is 3. The number of hydrogen-bond donors (Lipinski definition) is 0. The van der Waals surface area contributed by atoms with Crippen LogP contribution in [0, 0.1) is 0 Å². The van der Waals surface area contributed by atoms with E-state index in [4.69, 9.17) is 4.42 Å². The van der Waals surface area contributed by atoms with E-state index >= 15 is 0 Å². The first kappa shape index (κ1) is 11.9. The van der Waals surface area contributed by atoms with Crippen LogP contribution in [0.2, 0.25) is 0 Å². The molecular formula is C14H17NO2S. The largest absolute Gasteiger partial charge is 0.408 e. The van der Waals surface area contributed by atoms with Crippen LogP contribution in [0.3, 0.4) is 0 Å². The smallest absolute Gasteiger partial charge is 0.348 e. The van der Waals surface area contributed by atoms with Crippen molar-refractivity contribution in [2.24, 2.45) is 0 Å². The number of thiophene rings is 1. The second-order valence-corrected chi connectivity index (χ2v) is 5.97. The molecule has 0 saturated carbocycles. The fourth-order valence-electron chi connectivity index (χ4n) is 2.76. The highest BCUT2D eigenvalue weighted by molar-refractivity contribution is 7.18. The summed E-state index contributed by atoms with van der Waals surface area (Å²) in [7, 11) is 0. The molecule has 18 heavy (non-hydrogen) atoms. The average molecular weight is 263 g/mol. The highest BCUT2D eigenvalue weighted by Crippen LogP contribution is 2.35. The Morgan fingerprint density at radius 3 is 2.83 bits per heavy atom. The third kappa shape index (κ3) is 1.70. The molecule has 3 nitrogen and oxygen atoms in total. The van der Waals surface area contributed by atoms with Gasteiger partial charge in [0.05, 0.1) is 0 Å². The SMILES string of the molecule is CCC(CC)c1nc2sc3c(c2c(=O)o1)CCC3. The molecule has 2 aromatic rings. The molecule has 0 atom stereocenters. The predicted molar refractivity (Wildman–Crippen MR) is 73.5 cm³/mol. The van der Waals surface area contributed by atoms with Gasteiger partial charge in [0.1, 0.15) is 10.2 Å². The zero-order valence-corrected chi connectivity index (χ0v) is 11.6. The summed E-state index contributed by atoms with van der Waals surface area (Å²) >= 11 is 1.68. The second-order valence-electron chi connectivity index (χ2n) is 4.89. The van der Waals surface area contributed by atoms with Crippen LogP contribution in [-0.4, -0.2) is 4.98 Å². The molecule has 96 valence electrons. The lowest BCUT2D eigenvalue weighted by Crippen LogP contribution is -2.08. The van der Waals surface area contributed by atoms with E-state index in [-0.39, 0.29) is 11.5 Å². The molecule has 0 unspecified atom stereocenters. The van der Waals surface area contributed by atoms with Gasteiger partial charge in [-0.25, -0.2) is 9.78 Å². The van der Waals surface area contributed by atoms with Gasteiger partial charge in [-0.2, -0.15) is 0 Å². The van der Waals surface area contributed by atoms with Crippen molar-refractivity contribution < 1.29 is 4.42 Å². The molecule has 1 aliphatic rings. The average Bonchev–Trinajstić information content (AvgIpc) is 2.89. The summed E-state index contributed by atoms with van der Waals surface area (Å²) in [5.41, 5.74) is 1.02. The van der Waals surface area contributed by atoms with Crippen molar-refractivity contribution in [3.05, 3.63) is 26.8 Å². The zero-order chi connectivity index (χ0) is 12.7. The predicted octanol–water partition coefficient (Wildman–Crippen LogP) is 3.64. The Labute approximate surface area is 110 Å². The van der Waals surface area contributed by atoms with Crippen LogP contribution in [-0.2, 0) is 12.8 Å². The summed E-state index contributed by atoms with van der Waals surface area (Å²) in [5.74, 6) is 0.886. The maximum Gasteiger partial charge on any atom is 0.348 e. The molecule has 2 heterocycles. The lowest BCUT2D eigenvalue weighted by molar-refractivity contribution is 0.394. The van der Waals surface area contributed by atoms with E-state index in [2.05, 4.69) is 18.8 Å².